The van der Waals surface area contributed by atoms with Crippen LogP contribution in [0.5, 0.6) is 5.75 Å². The van der Waals surface area contributed by atoms with E-state index in [2.05, 4.69) is 0 Å². The molecular weight excluding hydrogens is 252 g/mol. The second-order valence-corrected chi connectivity index (χ2v) is 5.40. The molecular formula is C17H26O3. The first-order chi connectivity index (χ1) is 9.49. The van der Waals surface area contributed by atoms with Crippen molar-refractivity contribution in [2.24, 2.45) is 0 Å². The fraction of sp³-hybridized carbons (Fsp3) is 0.588. The van der Waals surface area contributed by atoms with Crippen molar-refractivity contribution in [2.45, 2.75) is 59.0 Å². The Kier molecular flexibility index (Phi) is 6.21. The minimum atomic E-state index is -0.784. The molecule has 1 aromatic rings. The summed E-state index contributed by atoms with van der Waals surface area (Å²) in [5.74, 6) is 0.657. The molecule has 0 fully saturated rings. The minimum absolute atomic E-state index is 0.264. The highest BCUT2D eigenvalue weighted by Gasteiger charge is 2.24. The molecule has 1 N–H and O–H groups in total. The maximum absolute atomic E-state index is 11.1. The molecule has 112 valence electrons. The van der Waals surface area contributed by atoms with Crippen LogP contribution in [0.3, 0.4) is 0 Å². The van der Waals surface area contributed by atoms with E-state index in [1.165, 1.54) is 0 Å². The van der Waals surface area contributed by atoms with Crippen LogP contribution in [0.4, 0.5) is 0 Å². The Balaban J connectivity index is 2.88. The number of rotatable bonds is 8. The lowest BCUT2D eigenvalue weighted by Crippen LogP contribution is -2.35. The van der Waals surface area contributed by atoms with Gasteiger partial charge in [-0.2, -0.15) is 0 Å². The summed E-state index contributed by atoms with van der Waals surface area (Å²) in [6.07, 6.45) is 4.00. The Morgan fingerprint density at radius 2 is 2.00 bits per heavy atom. The normalized spacial score (nSPS) is 13.8. The summed E-state index contributed by atoms with van der Waals surface area (Å²) in [6.45, 7) is 8.29. The molecule has 1 aromatic carbocycles. The van der Waals surface area contributed by atoms with Crippen LogP contribution in [-0.2, 0) is 6.42 Å². The lowest BCUT2D eigenvalue weighted by molar-refractivity contribution is -0.0158. The van der Waals surface area contributed by atoms with Gasteiger partial charge in [0, 0.05) is 5.56 Å². The van der Waals surface area contributed by atoms with Gasteiger partial charge in [0.25, 0.3) is 0 Å². The zero-order valence-electron chi connectivity index (χ0n) is 13.0. The third kappa shape index (κ3) is 4.07. The SMILES string of the molecule is CCCC(O)(CC)COc1cc(C)c(CC)c(C=O)c1. The van der Waals surface area contributed by atoms with E-state index >= 15 is 0 Å². The molecule has 0 spiro atoms. The second-order valence-electron chi connectivity index (χ2n) is 5.40. The van der Waals surface area contributed by atoms with Crippen molar-refractivity contribution in [1.29, 1.82) is 0 Å². The molecule has 0 bridgehead atoms. The summed E-state index contributed by atoms with van der Waals surface area (Å²) in [5, 5.41) is 10.4. The van der Waals surface area contributed by atoms with Gasteiger partial charge in [-0.25, -0.2) is 0 Å². The van der Waals surface area contributed by atoms with Gasteiger partial charge in [0.15, 0.2) is 0 Å². The standard InChI is InChI=1S/C17H26O3/c1-5-8-17(19,7-3)12-20-15-9-13(4)16(6-2)14(10-15)11-18/h9-11,19H,5-8,12H2,1-4H3. The number of ether oxygens (including phenoxy) is 1. The summed E-state index contributed by atoms with van der Waals surface area (Å²) in [4.78, 5) is 11.1. The smallest absolute Gasteiger partial charge is 0.150 e. The molecule has 0 heterocycles. The third-order valence-electron chi connectivity index (χ3n) is 3.84. The first-order valence-corrected chi connectivity index (χ1v) is 7.43. The van der Waals surface area contributed by atoms with Crippen LogP contribution in [0.1, 0.15) is 61.5 Å². The second kappa shape index (κ2) is 7.44. The maximum atomic E-state index is 11.1. The Labute approximate surface area is 122 Å². The number of aldehydes is 1. The molecule has 20 heavy (non-hydrogen) atoms. The molecule has 0 saturated carbocycles. The summed E-state index contributed by atoms with van der Waals surface area (Å²) >= 11 is 0. The lowest BCUT2D eigenvalue weighted by Gasteiger charge is -2.26. The molecule has 0 amide bonds. The highest BCUT2D eigenvalue weighted by atomic mass is 16.5. The van der Waals surface area contributed by atoms with Gasteiger partial charge in [-0.3, -0.25) is 4.79 Å². The Morgan fingerprint density at radius 1 is 1.30 bits per heavy atom. The monoisotopic (exact) mass is 278 g/mol. The van der Waals surface area contributed by atoms with Gasteiger partial charge in [-0.15, -0.1) is 0 Å². The Bertz CT molecular complexity index is 454. The molecule has 3 heteroatoms. The first-order valence-electron chi connectivity index (χ1n) is 7.43. The highest BCUT2D eigenvalue weighted by molar-refractivity contribution is 5.79. The van der Waals surface area contributed by atoms with Crippen LogP contribution in [0, 0.1) is 6.92 Å². The largest absolute Gasteiger partial charge is 0.491 e. The van der Waals surface area contributed by atoms with E-state index in [-0.39, 0.29) is 6.61 Å². The number of carbonyl (C=O) groups excluding carboxylic acids is 1. The minimum Gasteiger partial charge on any atom is -0.491 e. The van der Waals surface area contributed by atoms with E-state index in [9.17, 15) is 9.90 Å². The predicted octanol–water partition coefficient (Wildman–Crippen LogP) is 3.69. The Morgan fingerprint density at radius 3 is 2.50 bits per heavy atom. The van der Waals surface area contributed by atoms with Gasteiger partial charge < -0.3 is 9.84 Å². The van der Waals surface area contributed by atoms with Crippen LogP contribution < -0.4 is 4.74 Å². The number of aryl methyl sites for hydroxylation is 1. The van der Waals surface area contributed by atoms with Gasteiger partial charge in [0.05, 0.1) is 5.60 Å². The maximum Gasteiger partial charge on any atom is 0.150 e. The van der Waals surface area contributed by atoms with Gasteiger partial charge >= 0.3 is 0 Å². The van der Waals surface area contributed by atoms with Gasteiger partial charge in [-0.05, 0) is 49.4 Å². The van der Waals surface area contributed by atoms with E-state index in [0.29, 0.717) is 17.7 Å². The van der Waals surface area contributed by atoms with Gasteiger partial charge in [0.2, 0.25) is 0 Å². The van der Waals surface area contributed by atoms with Crippen LogP contribution in [0.15, 0.2) is 12.1 Å². The predicted molar refractivity (Wildman–Crippen MR) is 81.6 cm³/mol. The van der Waals surface area contributed by atoms with E-state index in [1.807, 2.05) is 33.8 Å². The van der Waals surface area contributed by atoms with Crippen LogP contribution in [-0.4, -0.2) is 23.6 Å². The van der Waals surface area contributed by atoms with E-state index in [0.717, 1.165) is 36.7 Å². The average molecular weight is 278 g/mol. The molecule has 0 saturated heterocycles. The Hall–Kier alpha value is -1.35. The summed E-state index contributed by atoms with van der Waals surface area (Å²) < 4.78 is 5.73. The molecule has 0 aliphatic carbocycles. The molecule has 1 rings (SSSR count). The zero-order valence-corrected chi connectivity index (χ0v) is 13.0. The lowest BCUT2D eigenvalue weighted by atomic mass is 9.96. The van der Waals surface area contributed by atoms with Crippen LogP contribution >= 0.6 is 0 Å². The fourth-order valence-electron chi connectivity index (χ4n) is 2.52. The van der Waals surface area contributed by atoms with Gasteiger partial charge in [0.1, 0.15) is 18.6 Å². The topological polar surface area (TPSA) is 46.5 Å². The van der Waals surface area contributed by atoms with Crippen molar-refractivity contribution in [3.05, 3.63) is 28.8 Å². The van der Waals surface area contributed by atoms with Crippen molar-refractivity contribution in [3.8, 4) is 5.75 Å². The number of hydrogen-bond acceptors (Lipinski definition) is 3. The van der Waals surface area contributed by atoms with Crippen LogP contribution in [0.2, 0.25) is 0 Å². The fourth-order valence-corrected chi connectivity index (χ4v) is 2.52. The summed E-state index contributed by atoms with van der Waals surface area (Å²) in [6, 6.07) is 3.70. The summed E-state index contributed by atoms with van der Waals surface area (Å²) in [5.41, 5.74) is 2.01. The average Bonchev–Trinajstić information content (AvgIpc) is 2.44. The number of aliphatic hydroxyl groups is 1. The van der Waals surface area contributed by atoms with Crippen molar-refractivity contribution in [1.82, 2.24) is 0 Å². The van der Waals surface area contributed by atoms with E-state index in [1.54, 1.807) is 6.07 Å². The van der Waals surface area contributed by atoms with Crippen LogP contribution in [0.25, 0.3) is 0 Å². The van der Waals surface area contributed by atoms with E-state index in [4.69, 9.17) is 4.74 Å². The van der Waals surface area contributed by atoms with Crippen molar-refractivity contribution >= 4 is 6.29 Å². The van der Waals surface area contributed by atoms with Gasteiger partial charge in [-0.1, -0.05) is 27.2 Å². The van der Waals surface area contributed by atoms with E-state index < -0.39 is 5.60 Å². The molecule has 1 unspecified atom stereocenters. The molecule has 3 nitrogen and oxygen atoms in total. The third-order valence-corrected chi connectivity index (χ3v) is 3.84. The zero-order chi connectivity index (χ0) is 15.2. The molecule has 0 aliphatic heterocycles. The van der Waals surface area contributed by atoms with Crippen molar-refractivity contribution in [2.75, 3.05) is 6.61 Å². The first kappa shape index (κ1) is 16.7. The number of carbonyl (C=O) groups is 1. The number of benzene rings is 1. The molecule has 0 aromatic heterocycles. The highest BCUT2D eigenvalue weighted by Crippen LogP contribution is 2.24. The van der Waals surface area contributed by atoms with Crippen molar-refractivity contribution in [3.63, 3.8) is 0 Å². The molecule has 0 radical (unpaired) electrons. The molecule has 0 aliphatic rings. The summed E-state index contributed by atoms with van der Waals surface area (Å²) in [7, 11) is 0. The quantitative estimate of drug-likeness (QED) is 0.738. The molecule has 1 atom stereocenters. The number of hydrogen-bond donors (Lipinski definition) is 1. The van der Waals surface area contributed by atoms with Crippen molar-refractivity contribution < 1.29 is 14.6 Å².